The topological polar surface area (TPSA) is 67.9 Å². The average molecular weight is 400 g/mol. The van der Waals surface area contributed by atoms with E-state index < -0.39 is 11.7 Å². The number of rotatable bonds is 6. The molecule has 0 unspecified atom stereocenters. The van der Waals surface area contributed by atoms with Gasteiger partial charge >= 0.3 is 0 Å². The summed E-state index contributed by atoms with van der Waals surface area (Å²) in [5, 5.41) is 2.80. The first-order valence-corrected chi connectivity index (χ1v) is 9.57. The summed E-state index contributed by atoms with van der Waals surface area (Å²) >= 11 is 0. The number of carbonyl (C=O) groups is 2. The van der Waals surface area contributed by atoms with Crippen LogP contribution >= 0.6 is 0 Å². The van der Waals surface area contributed by atoms with Gasteiger partial charge in [-0.05, 0) is 49.1 Å². The van der Waals surface area contributed by atoms with Crippen LogP contribution < -0.4 is 14.8 Å². The number of ether oxygens (including phenoxy) is 2. The van der Waals surface area contributed by atoms with Crippen LogP contribution in [0.25, 0.3) is 0 Å². The predicted octanol–water partition coefficient (Wildman–Crippen LogP) is 3.13. The first kappa shape index (κ1) is 20.6. The van der Waals surface area contributed by atoms with Crippen LogP contribution in [0.3, 0.4) is 0 Å². The number of amides is 2. The molecule has 2 amide bonds. The van der Waals surface area contributed by atoms with Crippen molar-refractivity contribution in [3.05, 3.63) is 59.4 Å². The Labute approximate surface area is 169 Å². The van der Waals surface area contributed by atoms with E-state index in [0.29, 0.717) is 36.7 Å². The van der Waals surface area contributed by atoms with E-state index >= 15 is 0 Å². The lowest BCUT2D eigenvalue weighted by Crippen LogP contribution is -2.41. The lowest BCUT2D eigenvalue weighted by molar-refractivity contribution is 0.0683. The Hall–Kier alpha value is -3.09. The molecule has 3 rings (SSSR count). The zero-order valence-electron chi connectivity index (χ0n) is 16.6. The van der Waals surface area contributed by atoms with Crippen LogP contribution in [0.5, 0.6) is 11.5 Å². The van der Waals surface area contributed by atoms with Crippen LogP contribution in [-0.4, -0.2) is 50.6 Å². The van der Waals surface area contributed by atoms with Crippen LogP contribution in [0.4, 0.5) is 4.39 Å². The summed E-state index contributed by atoms with van der Waals surface area (Å²) in [6.45, 7) is 1.67. The first-order chi connectivity index (χ1) is 14.0. The van der Waals surface area contributed by atoms with E-state index in [9.17, 15) is 14.0 Å². The van der Waals surface area contributed by atoms with Gasteiger partial charge < -0.3 is 19.7 Å². The smallest absolute Gasteiger partial charge is 0.254 e. The highest BCUT2D eigenvalue weighted by molar-refractivity contribution is 5.95. The van der Waals surface area contributed by atoms with Crippen molar-refractivity contribution in [3.8, 4) is 11.5 Å². The molecule has 1 fully saturated rings. The maximum Gasteiger partial charge on any atom is 0.254 e. The third kappa shape index (κ3) is 4.85. The Morgan fingerprint density at radius 1 is 1.07 bits per heavy atom. The zero-order chi connectivity index (χ0) is 20.8. The maximum atomic E-state index is 13.7. The van der Waals surface area contributed by atoms with Gasteiger partial charge in [-0.1, -0.05) is 12.1 Å². The minimum absolute atomic E-state index is 0.0496. The number of carbonyl (C=O) groups excluding carboxylic acids is 2. The predicted molar refractivity (Wildman–Crippen MR) is 107 cm³/mol. The van der Waals surface area contributed by atoms with E-state index in [-0.39, 0.29) is 17.4 Å². The number of benzene rings is 2. The Balaban J connectivity index is 1.52. The second-order valence-corrected chi connectivity index (χ2v) is 7.00. The maximum absolute atomic E-state index is 13.7. The number of piperidine rings is 1. The van der Waals surface area contributed by atoms with Crippen molar-refractivity contribution in [2.45, 2.75) is 12.8 Å². The number of nitrogens with one attached hydrogen (secondary N) is 1. The highest BCUT2D eigenvalue weighted by atomic mass is 19.1. The van der Waals surface area contributed by atoms with E-state index in [1.54, 1.807) is 42.3 Å². The lowest BCUT2D eigenvalue weighted by Gasteiger charge is -2.32. The molecule has 0 aromatic heterocycles. The molecule has 0 saturated carbocycles. The molecular weight excluding hydrogens is 375 g/mol. The third-order valence-electron chi connectivity index (χ3n) is 5.20. The normalized spacial score (nSPS) is 14.4. The van der Waals surface area contributed by atoms with Crippen molar-refractivity contribution in [3.63, 3.8) is 0 Å². The Bertz CT molecular complexity index is 879. The number of hydrogen-bond acceptors (Lipinski definition) is 4. The molecule has 2 aromatic carbocycles. The van der Waals surface area contributed by atoms with Crippen LogP contribution in [-0.2, 0) is 0 Å². The number of hydrogen-bond donors (Lipinski definition) is 1. The summed E-state index contributed by atoms with van der Waals surface area (Å²) in [6, 6.07) is 11.1. The average Bonchev–Trinajstić information content (AvgIpc) is 2.77. The van der Waals surface area contributed by atoms with Crippen molar-refractivity contribution >= 4 is 11.8 Å². The van der Waals surface area contributed by atoms with Gasteiger partial charge in [-0.2, -0.15) is 0 Å². The molecule has 2 aromatic rings. The van der Waals surface area contributed by atoms with E-state index in [0.717, 1.165) is 12.8 Å². The van der Waals surface area contributed by atoms with Gasteiger partial charge in [0, 0.05) is 25.2 Å². The molecule has 0 aliphatic carbocycles. The van der Waals surface area contributed by atoms with E-state index in [2.05, 4.69) is 5.32 Å². The monoisotopic (exact) mass is 400 g/mol. The molecule has 1 aliphatic heterocycles. The summed E-state index contributed by atoms with van der Waals surface area (Å²) in [5.74, 6) is 0.352. The molecule has 0 radical (unpaired) electrons. The number of halogens is 1. The van der Waals surface area contributed by atoms with E-state index in [1.807, 2.05) is 0 Å². The lowest BCUT2D eigenvalue weighted by atomic mass is 9.96. The number of likely N-dealkylation sites (tertiary alicyclic amines) is 1. The third-order valence-corrected chi connectivity index (χ3v) is 5.20. The van der Waals surface area contributed by atoms with Crippen molar-refractivity contribution in [2.75, 3.05) is 33.9 Å². The molecule has 0 atom stereocenters. The fourth-order valence-electron chi connectivity index (χ4n) is 3.47. The molecule has 29 heavy (non-hydrogen) atoms. The van der Waals surface area contributed by atoms with Crippen molar-refractivity contribution in [1.29, 1.82) is 0 Å². The van der Waals surface area contributed by atoms with E-state index in [4.69, 9.17) is 9.47 Å². The minimum atomic E-state index is -0.527. The standard InChI is InChI=1S/C22H25FN2O4/c1-28-19-8-7-16(13-20(19)29-2)22(27)25-11-9-15(10-12-25)14-24-21(26)17-5-3-4-6-18(17)23/h3-8,13,15H,9-12,14H2,1-2H3,(H,24,26). The molecule has 6 nitrogen and oxygen atoms in total. The summed E-state index contributed by atoms with van der Waals surface area (Å²) in [7, 11) is 3.09. The van der Waals surface area contributed by atoms with Gasteiger partial charge in [-0.3, -0.25) is 9.59 Å². The summed E-state index contributed by atoms with van der Waals surface area (Å²) < 4.78 is 24.2. The van der Waals surface area contributed by atoms with Gasteiger partial charge in [0.25, 0.3) is 11.8 Å². The fourth-order valence-corrected chi connectivity index (χ4v) is 3.47. The molecule has 1 heterocycles. The molecule has 0 bridgehead atoms. The highest BCUT2D eigenvalue weighted by Crippen LogP contribution is 2.28. The zero-order valence-corrected chi connectivity index (χ0v) is 16.6. The molecular formula is C22H25FN2O4. The van der Waals surface area contributed by atoms with Crippen molar-refractivity contribution in [2.24, 2.45) is 5.92 Å². The number of methoxy groups -OCH3 is 2. The van der Waals surface area contributed by atoms with Crippen LogP contribution in [0.1, 0.15) is 33.6 Å². The molecule has 154 valence electrons. The summed E-state index contributed by atoms with van der Waals surface area (Å²) in [6.07, 6.45) is 1.55. The number of nitrogens with zero attached hydrogens (tertiary/aromatic N) is 1. The fraction of sp³-hybridized carbons (Fsp3) is 0.364. The quantitative estimate of drug-likeness (QED) is 0.809. The van der Waals surface area contributed by atoms with Gasteiger partial charge in [0.05, 0.1) is 19.8 Å². The van der Waals surface area contributed by atoms with Gasteiger partial charge in [0.1, 0.15) is 5.82 Å². The largest absolute Gasteiger partial charge is 0.493 e. The van der Waals surface area contributed by atoms with E-state index in [1.165, 1.54) is 19.2 Å². The Morgan fingerprint density at radius 3 is 2.41 bits per heavy atom. The molecule has 7 heteroatoms. The Morgan fingerprint density at radius 2 is 1.76 bits per heavy atom. The highest BCUT2D eigenvalue weighted by Gasteiger charge is 2.25. The van der Waals surface area contributed by atoms with Crippen molar-refractivity contribution in [1.82, 2.24) is 10.2 Å². The summed E-state index contributed by atoms with van der Waals surface area (Å²) in [5.41, 5.74) is 0.600. The van der Waals surface area contributed by atoms with Gasteiger partial charge in [-0.25, -0.2) is 4.39 Å². The SMILES string of the molecule is COc1ccc(C(=O)N2CCC(CNC(=O)c3ccccc3F)CC2)cc1OC. The van der Waals surface area contributed by atoms with Crippen LogP contribution in [0.15, 0.2) is 42.5 Å². The first-order valence-electron chi connectivity index (χ1n) is 9.57. The molecule has 1 saturated heterocycles. The second-order valence-electron chi connectivity index (χ2n) is 7.00. The van der Waals surface area contributed by atoms with Gasteiger partial charge in [0.15, 0.2) is 11.5 Å². The molecule has 1 aliphatic rings. The second kappa shape index (κ2) is 9.41. The molecule has 0 spiro atoms. The summed E-state index contributed by atoms with van der Waals surface area (Å²) in [4.78, 5) is 26.7. The molecule has 1 N–H and O–H groups in total. The van der Waals surface area contributed by atoms with Crippen molar-refractivity contribution < 1.29 is 23.5 Å². The van der Waals surface area contributed by atoms with Gasteiger partial charge in [-0.15, -0.1) is 0 Å². The van der Waals surface area contributed by atoms with Gasteiger partial charge in [0.2, 0.25) is 0 Å². The van der Waals surface area contributed by atoms with Crippen LogP contribution in [0, 0.1) is 11.7 Å². The minimum Gasteiger partial charge on any atom is -0.493 e. The van der Waals surface area contributed by atoms with Crippen LogP contribution in [0.2, 0.25) is 0 Å². The Kier molecular flexibility index (Phi) is 6.69.